The molecule has 10 heteroatoms. The number of primary amides is 1. The molecule has 1 rings (SSSR count). The fraction of sp³-hybridized carbons (Fsp3) is 0.222. The SMILES string of the molecule is CS(=O)(=O)O.CS(=O)(=O)O.NC(=O)c1ccccc1. The van der Waals surface area contributed by atoms with Crippen molar-refractivity contribution in [2.45, 2.75) is 0 Å². The van der Waals surface area contributed by atoms with Crippen LogP contribution >= 0.6 is 0 Å². The highest BCUT2D eigenvalue weighted by Gasteiger charge is 1.93. The Bertz CT molecular complexity index is 532. The second-order valence-electron chi connectivity index (χ2n) is 3.20. The number of benzene rings is 1. The molecule has 8 nitrogen and oxygen atoms in total. The maximum atomic E-state index is 10.4. The topological polar surface area (TPSA) is 152 Å². The van der Waals surface area contributed by atoms with Gasteiger partial charge in [0, 0.05) is 5.56 Å². The Kier molecular flexibility index (Phi) is 8.96. The zero-order valence-corrected chi connectivity index (χ0v) is 11.8. The van der Waals surface area contributed by atoms with Crippen molar-refractivity contribution in [3.8, 4) is 0 Å². The lowest BCUT2D eigenvalue weighted by atomic mass is 10.2. The molecular weight excluding hydrogens is 298 g/mol. The average molecular weight is 313 g/mol. The second kappa shape index (κ2) is 8.58. The predicted molar refractivity (Wildman–Crippen MR) is 69.9 cm³/mol. The third-order valence-corrected chi connectivity index (χ3v) is 1.06. The highest BCUT2D eigenvalue weighted by atomic mass is 32.2. The Morgan fingerprint density at radius 3 is 1.37 bits per heavy atom. The normalized spacial score (nSPS) is 10.3. The van der Waals surface area contributed by atoms with Gasteiger partial charge < -0.3 is 5.73 Å². The first-order chi connectivity index (χ1) is 8.30. The van der Waals surface area contributed by atoms with Crippen LogP contribution in [-0.2, 0) is 20.2 Å². The summed E-state index contributed by atoms with van der Waals surface area (Å²) in [4.78, 5) is 10.4. The van der Waals surface area contributed by atoms with Crippen LogP contribution in [0.5, 0.6) is 0 Å². The molecule has 0 radical (unpaired) electrons. The van der Waals surface area contributed by atoms with Gasteiger partial charge in [-0.3, -0.25) is 13.9 Å². The first-order valence-electron chi connectivity index (χ1n) is 4.50. The Morgan fingerprint density at radius 1 is 0.947 bits per heavy atom. The van der Waals surface area contributed by atoms with E-state index in [1.807, 2.05) is 6.07 Å². The number of amides is 1. The van der Waals surface area contributed by atoms with E-state index in [1.54, 1.807) is 24.3 Å². The van der Waals surface area contributed by atoms with Crippen molar-refractivity contribution >= 4 is 26.1 Å². The van der Waals surface area contributed by atoms with Gasteiger partial charge in [0.2, 0.25) is 5.91 Å². The largest absolute Gasteiger partial charge is 0.366 e. The Labute approximate surface area is 111 Å². The van der Waals surface area contributed by atoms with Crippen LogP contribution in [0.4, 0.5) is 0 Å². The molecule has 0 heterocycles. The van der Waals surface area contributed by atoms with E-state index in [2.05, 4.69) is 0 Å². The number of rotatable bonds is 1. The van der Waals surface area contributed by atoms with Gasteiger partial charge in [-0.05, 0) is 12.1 Å². The Balaban J connectivity index is 0. The van der Waals surface area contributed by atoms with Gasteiger partial charge in [-0.25, -0.2) is 0 Å². The highest BCUT2D eigenvalue weighted by molar-refractivity contribution is 7.85. The summed E-state index contributed by atoms with van der Waals surface area (Å²) < 4.78 is 51.7. The van der Waals surface area contributed by atoms with Gasteiger partial charge in [0.1, 0.15) is 0 Å². The smallest absolute Gasteiger partial charge is 0.261 e. The number of hydrogen-bond acceptors (Lipinski definition) is 5. The molecule has 0 aliphatic rings. The molecule has 0 spiro atoms. The van der Waals surface area contributed by atoms with Gasteiger partial charge in [-0.15, -0.1) is 0 Å². The minimum absolute atomic E-state index is 0.379. The maximum Gasteiger partial charge on any atom is 0.261 e. The van der Waals surface area contributed by atoms with Crippen LogP contribution in [0, 0.1) is 0 Å². The van der Waals surface area contributed by atoms with Crippen LogP contribution in [-0.4, -0.2) is 44.4 Å². The number of carbonyl (C=O) groups is 1. The number of nitrogens with two attached hydrogens (primary N) is 1. The molecule has 0 saturated carbocycles. The van der Waals surface area contributed by atoms with Crippen molar-refractivity contribution in [2.24, 2.45) is 5.73 Å². The molecule has 0 unspecified atom stereocenters. The third kappa shape index (κ3) is 31.5. The van der Waals surface area contributed by atoms with E-state index in [1.165, 1.54) is 0 Å². The first-order valence-corrected chi connectivity index (χ1v) is 8.20. The van der Waals surface area contributed by atoms with Crippen LogP contribution in [0.1, 0.15) is 10.4 Å². The average Bonchev–Trinajstić information content (AvgIpc) is 2.13. The predicted octanol–water partition coefficient (Wildman–Crippen LogP) is -0.206. The molecule has 1 amide bonds. The van der Waals surface area contributed by atoms with Crippen molar-refractivity contribution in [2.75, 3.05) is 12.5 Å². The maximum absolute atomic E-state index is 10.4. The standard InChI is InChI=1S/C7H7NO.2CH4O3S/c8-7(9)6-4-2-1-3-5-6;2*1-5(2,3)4/h1-5H,(H2,8,9);2*1H3,(H,2,3,4). The van der Waals surface area contributed by atoms with Gasteiger partial charge in [0.25, 0.3) is 20.2 Å². The molecule has 0 bridgehead atoms. The number of hydrogen-bond donors (Lipinski definition) is 3. The quantitative estimate of drug-likeness (QED) is 0.606. The van der Waals surface area contributed by atoms with Gasteiger partial charge >= 0.3 is 0 Å². The van der Waals surface area contributed by atoms with Crippen LogP contribution in [0.3, 0.4) is 0 Å². The van der Waals surface area contributed by atoms with Crippen LogP contribution < -0.4 is 5.73 Å². The molecule has 0 saturated heterocycles. The lowest BCUT2D eigenvalue weighted by Crippen LogP contribution is -2.09. The van der Waals surface area contributed by atoms with Gasteiger partial charge in [-0.2, -0.15) is 16.8 Å². The van der Waals surface area contributed by atoms with E-state index >= 15 is 0 Å². The summed E-state index contributed by atoms with van der Waals surface area (Å²) in [7, 11) is -7.33. The lowest BCUT2D eigenvalue weighted by molar-refractivity contribution is 0.1000. The van der Waals surface area contributed by atoms with Crippen LogP contribution in [0.15, 0.2) is 30.3 Å². The summed E-state index contributed by atoms with van der Waals surface area (Å²) in [5.74, 6) is -0.379. The molecule has 1 aromatic carbocycles. The van der Waals surface area contributed by atoms with Gasteiger partial charge in [0.15, 0.2) is 0 Å². The highest BCUT2D eigenvalue weighted by Crippen LogP contribution is 1.94. The van der Waals surface area contributed by atoms with E-state index < -0.39 is 20.2 Å². The van der Waals surface area contributed by atoms with Crippen molar-refractivity contribution in [1.82, 2.24) is 0 Å². The van der Waals surface area contributed by atoms with Crippen LogP contribution in [0.2, 0.25) is 0 Å². The minimum Gasteiger partial charge on any atom is -0.366 e. The molecule has 0 aromatic heterocycles. The third-order valence-electron chi connectivity index (χ3n) is 1.06. The minimum atomic E-state index is -3.67. The zero-order chi connectivity index (χ0) is 15.7. The Hall–Kier alpha value is -1.49. The fourth-order valence-electron chi connectivity index (χ4n) is 0.602. The number of carbonyl (C=O) groups excluding carboxylic acids is 1. The van der Waals surface area contributed by atoms with E-state index in [4.69, 9.17) is 14.8 Å². The molecule has 4 N–H and O–H groups in total. The first kappa shape index (κ1) is 19.8. The lowest BCUT2D eigenvalue weighted by Gasteiger charge is -1.89. The summed E-state index contributed by atoms with van der Waals surface area (Å²) in [6, 6.07) is 8.76. The fourth-order valence-corrected chi connectivity index (χ4v) is 0.602. The summed E-state index contributed by atoms with van der Waals surface area (Å²) in [5.41, 5.74) is 5.53. The van der Waals surface area contributed by atoms with Crippen LogP contribution in [0.25, 0.3) is 0 Å². The Morgan fingerprint density at radius 2 is 1.21 bits per heavy atom. The molecule has 19 heavy (non-hydrogen) atoms. The summed E-state index contributed by atoms with van der Waals surface area (Å²) in [6.45, 7) is 0. The molecule has 0 aliphatic heterocycles. The van der Waals surface area contributed by atoms with Gasteiger partial charge in [-0.1, -0.05) is 18.2 Å². The summed E-state index contributed by atoms with van der Waals surface area (Å²) in [6.07, 6.45) is 1.43. The molecule has 110 valence electrons. The molecule has 0 aliphatic carbocycles. The van der Waals surface area contributed by atoms with Crippen molar-refractivity contribution in [1.29, 1.82) is 0 Å². The van der Waals surface area contributed by atoms with Crippen molar-refractivity contribution in [3.63, 3.8) is 0 Å². The van der Waals surface area contributed by atoms with E-state index in [9.17, 15) is 21.6 Å². The summed E-state index contributed by atoms with van der Waals surface area (Å²) >= 11 is 0. The van der Waals surface area contributed by atoms with Gasteiger partial charge in [0.05, 0.1) is 12.5 Å². The molecule has 1 aromatic rings. The summed E-state index contributed by atoms with van der Waals surface area (Å²) in [5, 5.41) is 0. The molecule has 0 atom stereocenters. The molecular formula is C9H15NO7S2. The van der Waals surface area contributed by atoms with Crippen molar-refractivity contribution < 1.29 is 30.7 Å². The van der Waals surface area contributed by atoms with E-state index in [0.29, 0.717) is 18.1 Å². The van der Waals surface area contributed by atoms with E-state index in [-0.39, 0.29) is 5.91 Å². The monoisotopic (exact) mass is 313 g/mol. The van der Waals surface area contributed by atoms with E-state index in [0.717, 1.165) is 0 Å². The second-order valence-corrected chi connectivity index (χ2v) is 6.13. The molecule has 0 fully saturated rings. The van der Waals surface area contributed by atoms with Crippen molar-refractivity contribution in [3.05, 3.63) is 35.9 Å². The zero-order valence-electron chi connectivity index (χ0n) is 10.2.